The third-order valence-corrected chi connectivity index (χ3v) is 5.01. The highest BCUT2D eigenvalue weighted by atomic mass is 16.7. The lowest BCUT2D eigenvalue weighted by molar-refractivity contribution is -0.145. The third kappa shape index (κ3) is 5.58. The smallest absolute Gasteiger partial charge is 0.465 e. The van der Waals surface area contributed by atoms with E-state index in [1.54, 1.807) is 0 Å². The van der Waals surface area contributed by atoms with Crippen molar-refractivity contribution in [3.05, 3.63) is 11.5 Å². The van der Waals surface area contributed by atoms with Crippen molar-refractivity contribution in [1.82, 2.24) is 0 Å². The first-order valence-corrected chi connectivity index (χ1v) is 9.07. The molecule has 0 spiro atoms. The van der Waals surface area contributed by atoms with Crippen molar-refractivity contribution < 1.29 is 28.4 Å². The van der Waals surface area contributed by atoms with Gasteiger partial charge in [-0.05, 0) is 58.9 Å². The molecule has 0 amide bonds. The van der Waals surface area contributed by atoms with Crippen LogP contribution in [0.25, 0.3) is 0 Å². The molecule has 0 aliphatic carbocycles. The van der Waals surface area contributed by atoms with E-state index in [-0.39, 0.29) is 11.9 Å². The number of cyclic esters (lactones) is 2. The van der Waals surface area contributed by atoms with Gasteiger partial charge >= 0.3 is 19.1 Å². The van der Waals surface area contributed by atoms with Gasteiger partial charge in [0, 0.05) is 12.8 Å². The largest absolute Gasteiger partial charge is 0.490 e. The van der Waals surface area contributed by atoms with E-state index in [9.17, 15) is 9.59 Å². The topological polar surface area (TPSA) is 71.1 Å². The van der Waals surface area contributed by atoms with Crippen molar-refractivity contribution in [3.63, 3.8) is 0 Å². The number of rotatable bonds is 1. The molecule has 2 aliphatic heterocycles. The summed E-state index contributed by atoms with van der Waals surface area (Å²) in [5.74, 6) is -0.463. The molecule has 7 heteroatoms. The Hall–Kier alpha value is -1.34. The number of hydrogen-bond donors (Lipinski definition) is 0. The van der Waals surface area contributed by atoms with E-state index < -0.39 is 18.3 Å². The highest BCUT2D eigenvalue weighted by Gasteiger charge is 2.52. The molecule has 0 atom stereocenters. The zero-order valence-corrected chi connectivity index (χ0v) is 15.8. The Kier molecular flexibility index (Phi) is 6.68. The Morgan fingerprint density at radius 3 is 1.92 bits per heavy atom. The molecule has 0 N–H and O–H groups in total. The fourth-order valence-electron chi connectivity index (χ4n) is 2.69. The van der Waals surface area contributed by atoms with Crippen LogP contribution in [0.4, 0.5) is 0 Å². The second-order valence-corrected chi connectivity index (χ2v) is 7.55. The summed E-state index contributed by atoms with van der Waals surface area (Å²) in [4.78, 5) is 23.4. The summed E-state index contributed by atoms with van der Waals surface area (Å²) >= 11 is 0. The van der Waals surface area contributed by atoms with Gasteiger partial charge in [0.05, 0.1) is 24.4 Å². The normalized spacial score (nSPS) is 25.6. The summed E-state index contributed by atoms with van der Waals surface area (Å²) < 4.78 is 22.7. The van der Waals surface area contributed by atoms with Gasteiger partial charge < -0.3 is 18.8 Å². The van der Waals surface area contributed by atoms with Crippen LogP contribution in [0.3, 0.4) is 0 Å². The molecule has 2 heterocycles. The molecule has 0 bridgehead atoms. The van der Waals surface area contributed by atoms with Crippen molar-refractivity contribution in [2.24, 2.45) is 0 Å². The van der Waals surface area contributed by atoms with Gasteiger partial charge in [-0.15, -0.1) is 0 Å². The summed E-state index contributed by atoms with van der Waals surface area (Å²) in [5, 5.41) is 0. The molecular weight excluding hydrogens is 323 g/mol. The average molecular weight is 352 g/mol. The van der Waals surface area contributed by atoms with Crippen LogP contribution < -0.4 is 0 Å². The molecule has 0 radical (unpaired) electrons. The van der Waals surface area contributed by atoms with E-state index in [4.69, 9.17) is 18.8 Å². The second-order valence-electron chi connectivity index (χ2n) is 7.55. The first-order chi connectivity index (χ1) is 11.7. The van der Waals surface area contributed by atoms with Gasteiger partial charge in [0.15, 0.2) is 0 Å². The Labute approximate surface area is 150 Å². The predicted molar refractivity (Wildman–Crippen MR) is 93.8 cm³/mol. The Balaban J connectivity index is 2.05. The van der Waals surface area contributed by atoms with Crippen LogP contribution in [0.1, 0.15) is 66.2 Å². The Morgan fingerprint density at radius 1 is 0.840 bits per heavy atom. The molecule has 0 aromatic rings. The minimum atomic E-state index is -0.479. The van der Waals surface area contributed by atoms with Crippen LogP contribution >= 0.6 is 0 Å². The van der Waals surface area contributed by atoms with E-state index in [0.717, 1.165) is 5.47 Å². The lowest BCUT2D eigenvalue weighted by Crippen LogP contribution is -2.41. The molecule has 1 saturated heterocycles. The van der Waals surface area contributed by atoms with Crippen molar-refractivity contribution >= 4 is 19.1 Å². The molecule has 6 nitrogen and oxygen atoms in total. The highest BCUT2D eigenvalue weighted by molar-refractivity contribution is 6.54. The second kappa shape index (κ2) is 8.36. The number of ether oxygens (including phenoxy) is 2. The minimum Gasteiger partial charge on any atom is -0.465 e. The standard InChI is InChI=1S/C18H29BO6/c1-17(2)18(3,4)25-19(24-17)14-8-7-12-22-15(20)9-5-6-10-16(21)23-13-11-14/h8H,5-7,9-13H2,1-4H3. The van der Waals surface area contributed by atoms with Crippen LogP contribution in [-0.4, -0.2) is 43.5 Å². The maximum absolute atomic E-state index is 11.7. The van der Waals surface area contributed by atoms with E-state index in [1.807, 2.05) is 33.8 Å². The molecule has 2 rings (SSSR count). The lowest BCUT2D eigenvalue weighted by Gasteiger charge is -2.32. The van der Waals surface area contributed by atoms with E-state index in [1.165, 1.54) is 0 Å². The van der Waals surface area contributed by atoms with Crippen molar-refractivity contribution in [2.75, 3.05) is 13.2 Å². The van der Waals surface area contributed by atoms with Crippen LogP contribution in [0.15, 0.2) is 11.5 Å². The van der Waals surface area contributed by atoms with Gasteiger partial charge in [-0.3, -0.25) is 9.59 Å². The highest BCUT2D eigenvalue weighted by Crippen LogP contribution is 2.39. The quantitative estimate of drug-likeness (QED) is 0.534. The van der Waals surface area contributed by atoms with E-state index in [0.29, 0.717) is 51.7 Å². The molecule has 0 unspecified atom stereocenters. The monoisotopic (exact) mass is 352 g/mol. The van der Waals surface area contributed by atoms with Crippen molar-refractivity contribution in [2.45, 2.75) is 77.4 Å². The lowest BCUT2D eigenvalue weighted by atomic mass is 9.75. The molecule has 140 valence electrons. The fraction of sp³-hybridized carbons (Fsp3) is 0.778. The Bertz CT molecular complexity index is 510. The van der Waals surface area contributed by atoms with E-state index >= 15 is 0 Å². The minimum absolute atomic E-state index is 0.226. The Morgan fingerprint density at radius 2 is 1.36 bits per heavy atom. The van der Waals surface area contributed by atoms with Crippen molar-refractivity contribution in [1.29, 1.82) is 0 Å². The number of carbonyl (C=O) groups is 2. The van der Waals surface area contributed by atoms with Crippen LogP contribution in [0, 0.1) is 0 Å². The van der Waals surface area contributed by atoms with Crippen LogP contribution in [-0.2, 0) is 28.4 Å². The van der Waals surface area contributed by atoms with Gasteiger partial charge in [-0.25, -0.2) is 0 Å². The summed E-state index contributed by atoms with van der Waals surface area (Å²) in [6.45, 7) is 8.63. The SMILES string of the molecule is CC1(C)OB(C2=CCCOC(=O)CCCCC(=O)OCC2)OC1(C)C. The van der Waals surface area contributed by atoms with Crippen LogP contribution in [0.2, 0.25) is 0 Å². The first-order valence-electron chi connectivity index (χ1n) is 9.07. The summed E-state index contributed by atoms with van der Waals surface area (Å²) in [5.41, 5.74) is 0.0566. The molecule has 25 heavy (non-hydrogen) atoms. The molecule has 0 aromatic carbocycles. The molecule has 1 fully saturated rings. The molecule has 0 aromatic heterocycles. The first kappa shape index (κ1) is 20.0. The molecule has 0 saturated carbocycles. The number of carbonyl (C=O) groups excluding carboxylic acids is 2. The summed E-state index contributed by atoms with van der Waals surface area (Å²) in [6, 6.07) is 0. The average Bonchev–Trinajstić information content (AvgIpc) is 2.73. The summed E-state index contributed by atoms with van der Waals surface area (Å²) in [7, 11) is -0.479. The van der Waals surface area contributed by atoms with Gasteiger partial charge in [-0.2, -0.15) is 0 Å². The summed E-state index contributed by atoms with van der Waals surface area (Å²) in [6.07, 6.45) is 5.02. The zero-order chi connectivity index (χ0) is 18.5. The van der Waals surface area contributed by atoms with Gasteiger partial charge in [0.2, 0.25) is 0 Å². The van der Waals surface area contributed by atoms with Gasteiger partial charge in [0.25, 0.3) is 0 Å². The predicted octanol–water partition coefficient (Wildman–Crippen LogP) is 2.98. The van der Waals surface area contributed by atoms with Gasteiger partial charge in [-0.1, -0.05) is 6.08 Å². The van der Waals surface area contributed by atoms with Crippen molar-refractivity contribution in [3.8, 4) is 0 Å². The number of hydrogen-bond acceptors (Lipinski definition) is 6. The van der Waals surface area contributed by atoms with E-state index in [2.05, 4.69) is 0 Å². The maximum atomic E-state index is 11.7. The van der Waals surface area contributed by atoms with Crippen LogP contribution in [0.5, 0.6) is 0 Å². The zero-order valence-electron chi connectivity index (χ0n) is 15.8. The van der Waals surface area contributed by atoms with Gasteiger partial charge in [0.1, 0.15) is 0 Å². The fourth-order valence-corrected chi connectivity index (χ4v) is 2.69. The third-order valence-electron chi connectivity index (χ3n) is 5.01. The molecular formula is C18H29BO6. The number of esters is 2. The maximum Gasteiger partial charge on any atom is 0.490 e. The molecule has 2 aliphatic rings.